The summed E-state index contributed by atoms with van der Waals surface area (Å²) in [5.41, 5.74) is 3.35. The van der Waals surface area contributed by atoms with E-state index in [1.165, 1.54) is 7.11 Å². The van der Waals surface area contributed by atoms with Crippen LogP contribution in [0.25, 0.3) is 11.1 Å². The van der Waals surface area contributed by atoms with E-state index in [2.05, 4.69) is 5.32 Å². The number of benzene rings is 2. The second kappa shape index (κ2) is 19.9. The SMILES string of the molecule is CCCOC1[C@@H](OC)OC(COC(=O)CCC(=O)OC[C@H](NC(=O)OCC2c3ccccc3-c3ccccc32)C(=O)OC(C)(C)C)[C@@H](C)[C@@H]1OCCC. The summed E-state index contributed by atoms with van der Waals surface area (Å²) in [4.78, 5) is 51.4. The Bertz CT molecular complexity index is 1480. The molecular formula is C40H55NO12. The van der Waals surface area contributed by atoms with Crippen molar-refractivity contribution in [1.82, 2.24) is 5.32 Å². The number of esters is 3. The molecule has 1 heterocycles. The minimum atomic E-state index is -1.35. The van der Waals surface area contributed by atoms with E-state index >= 15 is 0 Å². The van der Waals surface area contributed by atoms with Gasteiger partial charge < -0.3 is 43.2 Å². The number of ether oxygens (including phenoxy) is 8. The lowest BCUT2D eigenvalue weighted by Gasteiger charge is -2.44. The molecule has 6 atom stereocenters. The number of carbonyl (C=O) groups is 4. The van der Waals surface area contributed by atoms with Gasteiger partial charge in [-0.2, -0.15) is 0 Å². The number of fused-ring (bicyclic) bond motifs is 3. The fourth-order valence-corrected chi connectivity index (χ4v) is 6.37. The van der Waals surface area contributed by atoms with E-state index in [0.717, 1.165) is 35.1 Å². The Kier molecular flexibility index (Phi) is 15.6. The Morgan fingerprint density at radius 3 is 1.92 bits per heavy atom. The Labute approximate surface area is 312 Å². The molecule has 1 fully saturated rings. The molecule has 2 aliphatic rings. The van der Waals surface area contributed by atoms with Gasteiger partial charge in [0.2, 0.25) is 0 Å². The molecule has 13 nitrogen and oxygen atoms in total. The molecule has 2 unspecified atom stereocenters. The maximum Gasteiger partial charge on any atom is 0.407 e. The Hall–Kier alpha value is -4.04. The van der Waals surface area contributed by atoms with Gasteiger partial charge in [0.1, 0.15) is 37.6 Å². The molecule has 13 heteroatoms. The number of rotatable bonds is 18. The first-order valence-electron chi connectivity index (χ1n) is 18.4. The van der Waals surface area contributed by atoms with Gasteiger partial charge in [-0.3, -0.25) is 9.59 Å². The van der Waals surface area contributed by atoms with Crippen LogP contribution in [-0.2, 0) is 52.3 Å². The molecule has 1 aliphatic carbocycles. The summed E-state index contributed by atoms with van der Waals surface area (Å²) in [6.45, 7) is 11.5. The molecule has 53 heavy (non-hydrogen) atoms. The van der Waals surface area contributed by atoms with Crippen molar-refractivity contribution in [2.45, 2.75) is 109 Å². The molecular weight excluding hydrogens is 686 g/mol. The fraction of sp³-hybridized carbons (Fsp3) is 0.600. The highest BCUT2D eigenvalue weighted by molar-refractivity contribution is 5.83. The average Bonchev–Trinajstić information content (AvgIpc) is 3.45. The van der Waals surface area contributed by atoms with Crippen LogP contribution in [0, 0.1) is 5.92 Å². The fourth-order valence-electron chi connectivity index (χ4n) is 6.37. The first-order chi connectivity index (χ1) is 25.4. The number of alkyl carbamates (subject to hydrolysis) is 1. The number of carbonyl (C=O) groups excluding carboxylic acids is 4. The highest BCUT2D eigenvalue weighted by atomic mass is 16.7. The Morgan fingerprint density at radius 1 is 0.792 bits per heavy atom. The van der Waals surface area contributed by atoms with Crippen molar-refractivity contribution in [2.75, 3.05) is 40.1 Å². The van der Waals surface area contributed by atoms with Gasteiger partial charge in [0.25, 0.3) is 0 Å². The van der Waals surface area contributed by atoms with Crippen molar-refractivity contribution in [2.24, 2.45) is 5.92 Å². The van der Waals surface area contributed by atoms with Crippen LogP contribution >= 0.6 is 0 Å². The van der Waals surface area contributed by atoms with Crippen LogP contribution in [0.15, 0.2) is 48.5 Å². The highest BCUT2D eigenvalue weighted by Gasteiger charge is 2.46. The molecule has 4 rings (SSSR count). The zero-order valence-corrected chi connectivity index (χ0v) is 31.9. The van der Waals surface area contributed by atoms with Crippen LogP contribution in [0.1, 0.15) is 84.3 Å². The smallest absolute Gasteiger partial charge is 0.407 e. The third-order valence-electron chi connectivity index (χ3n) is 8.95. The molecule has 1 aliphatic heterocycles. The number of amides is 1. The molecule has 0 spiro atoms. The Balaban J connectivity index is 1.27. The van der Waals surface area contributed by atoms with Crippen LogP contribution < -0.4 is 5.32 Å². The summed E-state index contributed by atoms with van der Waals surface area (Å²) in [6.07, 6.45) is -1.84. The number of hydrogen-bond donors (Lipinski definition) is 1. The van der Waals surface area contributed by atoms with Crippen molar-refractivity contribution >= 4 is 24.0 Å². The van der Waals surface area contributed by atoms with E-state index in [0.29, 0.717) is 13.2 Å². The first kappa shape index (κ1) is 41.7. The third kappa shape index (κ3) is 11.7. The quantitative estimate of drug-likeness (QED) is 0.147. The molecule has 0 radical (unpaired) electrons. The van der Waals surface area contributed by atoms with Crippen molar-refractivity contribution in [3.63, 3.8) is 0 Å². The largest absolute Gasteiger partial charge is 0.463 e. The minimum Gasteiger partial charge on any atom is -0.463 e. The van der Waals surface area contributed by atoms with Gasteiger partial charge >= 0.3 is 24.0 Å². The minimum absolute atomic E-state index is 0.0270. The lowest BCUT2D eigenvalue weighted by molar-refractivity contribution is -0.298. The number of nitrogens with one attached hydrogen (secondary N) is 1. The molecule has 0 saturated carbocycles. The summed E-state index contributed by atoms with van der Waals surface area (Å²) >= 11 is 0. The molecule has 1 amide bonds. The van der Waals surface area contributed by atoms with Gasteiger partial charge in [0.15, 0.2) is 12.3 Å². The van der Waals surface area contributed by atoms with E-state index in [1.54, 1.807) is 20.8 Å². The highest BCUT2D eigenvalue weighted by Crippen LogP contribution is 2.44. The van der Waals surface area contributed by atoms with E-state index in [9.17, 15) is 19.2 Å². The van der Waals surface area contributed by atoms with E-state index in [-0.39, 0.29) is 44.0 Å². The number of hydrogen-bond acceptors (Lipinski definition) is 12. The lowest BCUT2D eigenvalue weighted by atomic mass is 9.90. The van der Waals surface area contributed by atoms with Gasteiger partial charge in [-0.05, 0) is 55.9 Å². The molecule has 0 aromatic heterocycles. The summed E-state index contributed by atoms with van der Waals surface area (Å²) in [5.74, 6) is -2.58. The molecule has 1 saturated heterocycles. The van der Waals surface area contributed by atoms with Gasteiger partial charge in [0, 0.05) is 32.2 Å². The summed E-state index contributed by atoms with van der Waals surface area (Å²) in [5, 5.41) is 2.48. The maximum atomic E-state index is 13.0. The van der Waals surface area contributed by atoms with E-state index < -0.39 is 60.7 Å². The van der Waals surface area contributed by atoms with Crippen LogP contribution in [0.4, 0.5) is 4.79 Å². The molecule has 2 aromatic carbocycles. The molecule has 2 aromatic rings. The van der Waals surface area contributed by atoms with Crippen LogP contribution in [0.2, 0.25) is 0 Å². The van der Waals surface area contributed by atoms with Crippen molar-refractivity contribution in [1.29, 1.82) is 0 Å². The van der Waals surface area contributed by atoms with Gasteiger partial charge in [-0.1, -0.05) is 69.3 Å². The zero-order valence-electron chi connectivity index (χ0n) is 31.9. The van der Waals surface area contributed by atoms with Crippen LogP contribution in [-0.4, -0.2) is 100 Å². The molecule has 1 N–H and O–H groups in total. The topological polar surface area (TPSA) is 154 Å². The Morgan fingerprint density at radius 2 is 1.36 bits per heavy atom. The summed E-state index contributed by atoms with van der Waals surface area (Å²) < 4.78 is 45.6. The maximum absolute atomic E-state index is 13.0. The van der Waals surface area contributed by atoms with E-state index in [1.807, 2.05) is 69.3 Å². The predicted molar refractivity (Wildman–Crippen MR) is 194 cm³/mol. The third-order valence-corrected chi connectivity index (χ3v) is 8.95. The van der Waals surface area contributed by atoms with Crippen LogP contribution in [0.3, 0.4) is 0 Å². The average molecular weight is 742 g/mol. The monoisotopic (exact) mass is 741 g/mol. The standard InChI is InChI=1S/C40H55NO12/c1-8-20-47-35-25(3)32(52-38(46-7)36(35)48-21-9-2)24-50-34(43)19-18-33(42)49-23-31(37(44)53-40(4,5)6)41-39(45)51-22-30-28-16-12-10-14-26(28)27-15-11-13-17-29(27)30/h10-17,25,30-32,35-36,38H,8-9,18-24H2,1-7H3,(H,41,45)/t25-,31+,32?,35+,36?,38+/m1/s1. The molecule has 0 bridgehead atoms. The predicted octanol–water partition coefficient (Wildman–Crippen LogP) is 5.70. The zero-order chi connectivity index (χ0) is 38.5. The van der Waals surface area contributed by atoms with Gasteiger partial charge in [0.05, 0.1) is 18.9 Å². The molecule has 292 valence electrons. The normalized spacial score (nSPS) is 21.5. The second-order valence-electron chi connectivity index (χ2n) is 14.2. The van der Waals surface area contributed by atoms with Crippen molar-refractivity contribution in [3.05, 3.63) is 59.7 Å². The van der Waals surface area contributed by atoms with Gasteiger partial charge in [-0.15, -0.1) is 0 Å². The van der Waals surface area contributed by atoms with Gasteiger partial charge in [-0.25, -0.2) is 9.59 Å². The van der Waals surface area contributed by atoms with Crippen LogP contribution in [0.5, 0.6) is 0 Å². The first-order valence-corrected chi connectivity index (χ1v) is 18.4. The summed E-state index contributed by atoms with van der Waals surface area (Å²) in [6, 6.07) is 14.5. The number of methoxy groups -OCH3 is 1. The summed E-state index contributed by atoms with van der Waals surface area (Å²) in [7, 11) is 1.52. The lowest BCUT2D eigenvalue weighted by Crippen LogP contribution is -2.57. The van der Waals surface area contributed by atoms with Crippen molar-refractivity contribution in [3.8, 4) is 11.1 Å². The van der Waals surface area contributed by atoms with Crippen molar-refractivity contribution < 1.29 is 57.1 Å². The van der Waals surface area contributed by atoms with E-state index in [4.69, 9.17) is 37.9 Å². The second-order valence-corrected chi connectivity index (χ2v) is 14.2.